The number of ketones is 1. The van der Waals surface area contributed by atoms with Gasteiger partial charge >= 0.3 is 5.97 Å². The van der Waals surface area contributed by atoms with Crippen LogP contribution in [-0.4, -0.2) is 49.7 Å². The maximum absolute atomic E-state index is 11.4. The van der Waals surface area contributed by atoms with E-state index in [0.717, 1.165) is 4.31 Å². The van der Waals surface area contributed by atoms with Crippen LogP contribution >= 0.6 is 0 Å². The number of carbonyl (C=O) groups is 2. The van der Waals surface area contributed by atoms with Crippen LogP contribution in [0.5, 0.6) is 0 Å². The number of nitrogens with zero attached hydrogens (tertiary/aromatic N) is 1. The van der Waals surface area contributed by atoms with Crippen LogP contribution in [0.4, 0.5) is 0 Å². The molecule has 0 heterocycles. The zero-order valence-electron chi connectivity index (χ0n) is 9.43. The number of carboxylic acid groups (broad SMARTS) is 1. The van der Waals surface area contributed by atoms with Gasteiger partial charge in [-0.3, -0.25) is 9.59 Å². The van der Waals surface area contributed by atoms with Crippen molar-refractivity contribution in [2.24, 2.45) is 0 Å². The molecule has 0 aromatic rings. The molecular weight excluding hydrogens is 236 g/mol. The van der Waals surface area contributed by atoms with Gasteiger partial charge < -0.3 is 5.11 Å². The number of aliphatic carboxylic acids is 1. The summed E-state index contributed by atoms with van der Waals surface area (Å²) in [7, 11) is -1.31. The van der Waals surface area contributed by atoms with E-state index in [4.69, 9.17) is 5.11 Å². The second kappa shape index (κ2) is 5.92. The molecule has 1 unspecified atom stereocenters. The van der Waals surface area contributed by atoms with E-state index in [1.54, 1.807) is 6.92 Å². The van der Waals surface area contributed by atoms with Crippen LogP contribution < -0.4 is 4.72 Å². The van der Waals surface area contributed by atoms with Gasteiger partial charge in [0.1, 0.15) is 11.8 Å². The summed E-state index contributed by atoms with van der Waals surface area (Å²) in [5.41, 5.74) is 0. The Bertz CT molecular complexity index is 363. The summed E-state index contributed by atoms with van der Waals surface area (Å²) < 4.78 is 25.5. The van der Waals surface area contributed by atoms with Gasteiger partial charge in [0.05, 0.1) is 0 Å². The molecule has 0 radical (unpaired) electrons. The first-order valence-corrected chi connectivity index (χ1v) is 6.09. The first-order valence-electron chi connectivity index (χ1n) is 4.65. The van der Waals surface area contributed by atoms with Crippen LogP contribution in [0.3, 0.4) is 0 Å². The van der Waals surface area contributed by atoms with Gasteiger partial charge in [0.15, 0.2) is 0 Å². The fourth-order valence-corrected chi connectivity index (χ4v) is 1.59. The average molecular weight is 252 g/mol. The molecular formula is C8H16N2O5S. The van der Waals surface area contributed by atoms with E-state index in [9.17, 15) is 18.0 Å². The number of carbonyl (C=O) groups excluding carboxylic acids is 1. The summed E-state index contributed by atoms with van der Waals surface area (Å²) >= 11 is 0. The minimum Gasteiger partial charge on any atom is -0.480 e. The second-order valence-corrected chi connectivity index (χ2v) is 5.31. The summed E-state index contributed by atoms with van der Waals surface area (Å²) in [4.78, 5) is 21.8. The maximum atomic E-state index is 11.4. The molecule has 16 heavy (non-hydrogen) atoms. The Labute approximate surface area is 94.6 Å². The molecule has 8 heteroatoms. The number of rotatable bonds is 7. The smallest absolute Gasteiger partial charge is 0.322 e. The lowest BCUT2D eigenvalue weighted by molar-refractivity contribution is -0.140. The lowest BCUT2D eigenvalue weighted by Crippen LogP contribution is -2.46. The number of carboxylic acids is 1. The highest BCUT2D eigenvalue weighted by molar-refractivity contribution is 7.87. The lowest BCUT2D eigenvalue weighted by Gasteiger charge is -2.17. The monoisotopic (exact) mass is 252 g/mol. The zero-order valence-corrected chi connectivity index (χ0v) is 10.2. The molecule has 0 saturated heterocycles. The summed E-state index contributed by atoms with van der Waals surface area (Å²) in [5.74, 6) is -1.68. The molecule has 0 rings (SSSR count). The highest BCUT2D eigenvalue weighted by atomic mass is 32.2. The van der Waals surface area contributed by atoms with Crippen LogP contribution in [0, 0.1) is 0 Å². The van der Waals surface area contributed by atoms with E-state index in [1.807, 2.05) is 4.72 Å². The van der Waals surface area contributed by atoms with Crippen molar-refractivity contribution in [3.05, 3.63) is 0 Å². The Morgan fingerprint density at radius 3 is 2.19 bits per heavy atom. The van der Waals surface area contributed by atoms with E-state index in [1.165, 1.54) is 14.1 Å². The Balaban J connectivity index is 4.72. The third-order valence-corrected chi connectivity index (χ3v) is 3.44. The molecule has 94 valence electrons. The van der Waals surface area contributed by atoms with Gasteiger partial charge in [-0.1, -0.05) is 6.92 Å². The summed E-state index contributed by atoms with van der Waals surface area (Å²) in [6, 6.07) is -1.42. The van der Waals surface area contributed by atoms with Gasteiger partial charge in [0, 0.05) is 26.9 Å². The largest absolute Gasteiger partial charge is 0.480 e. The fraction of sp³-hybridized carbons (Fsp3) is 0.750. The van der Waals surface area contributed by atoms with Gasteiger partial charge in [0.2, 0.25) is 0 Å². The zero-order chi connectivity index (χ0) is 12.9. The van der Waals surface area contributed by atoms with Gasteiger partial charge in [-0.2, -0.15) is 17.4 Å². The second-order valence-electron chi connectivity index (χ2n) is 3.39. The topological polar surface area (TPSA) is 104 Å². The molecule has 0 aliphatic rings. The highest BCUT2D eigenvalue weighted by Crippen LogP contribution is 2.01. The molecule has 0 saturated carbocycles. The average Bonchev–Trinajstić information content (AvgIpc) is 2.15. The number of hydrogen-bond acceptors (Lipinski definition) is 4. The fourth-order valence-electron chi connectivity index (χ4n) is 0.837. The van der Waals surface area contributed by atoms with Crippen molar-refractivity contribution in [1.82, 2.24) is 9.03 Å². The highest BCUT2D eigenvalue weighted by Gasteiger charge is 2.26. The molecule has 0 fully saturated rings. The maximum Gasteiger partial charge on any atom is 0.322 e. The van der Waals surface area contributed by atoms with Crippen molar-refractivity contribution in [3.8, 4) is 0 Å². The Morgan fingerprint density at radius 1 is 1.38 bits per heavy atom. The van der Waals surface area contributed by atoms with Crippen LogP contribution in [0.25, 0.3) is 0 Å². The molecule has 7 nitrogen and oxygen atoms in total. The normalized spacial score (nSPS) is 13.8. The van der Waals surface area contributed by atoms with E-state index < -0.39 is 22.2 Å². The SMILES string of the molecule is CCC(=O)CC(NS(=O)(=O)N(C)C)C(=O)O. The third kappa shape index (κ3) is 4.69. The summed E-state index contributed by atoms with van der Waals surface area (Å²) in [6.07, 6.45) is -0.174. The molecule has 0 aromatic carbocycles. The van der Waals surface area contributed by atoms with Crippen molar-refractivity contribution in [2.75, 3.05) is 14.1 Å². The van der Waals surface area contributed by atoms with Crippen molar-refractivity contribution >= 4 is 22.0 Å². The molecule has 0 spiro atoms. The number of hydrogen-bond donors (Lipinski definition) is 2. The third-order valence-electron chi connectivity index (χ3n) is 1.90. The van der Waals surface area contributed by atoms with Crippen molar-refractivity contribution in [1.29, 1.82) is 0 Å². The molecule has 0 aliphatic carbocycles. The molecule has 0 aliphatic heterocycles. The Kier molecular flexibility index (Phi) is 5.56. The van der Waals surface area contributed by atoms with Crippen molar-refractivity contribution in [3.63, 3.8) is 0 Å². The number of Topliss-reactive ketones (excluding diaryl/α,β-unsaturated/α-hetero) is 1. The van der Waals surface area contributed by atoms with E-state index in [-0.39, 0.29) is 18.6 Å². The molecule has 0 aromatic heterocycles. The first-order chi connectivity index (χ1) is 7.20. The lowest BCUT2D eigenvalue weighted by atomic mass is 10.1. The molecule has 2 N–H and O–H groups in total. The van der Waals surface area contributed by atoms with Gasteiger partial charge in [-0.15, -0.1) is 0 Å². The minimum absolute atomic E-state index is 0.174. The Hall–Kier alpha value is -0.990. The molecule has 0 bridgehead atoms. The van der Waals surface area contributed by atoms with Gasteiger partial charge in [0.25, 0.3) is 10.2 Å². The van der Waals surface area contributed by atoms with Crippen LogP contribution in [0.15, 0.2) is 0 Å². The summed E-state index contributed by atoms with van der Waals surface area (Å²) in [5, 5.41) is 8.77. The standard InChI is InChI=1S/C8H16N2O5S/c1-4-6(11)5-7(8(12)13)9-16(14,15)10(2)3/h7,9H,4-5H2,1-3H3,(H,12,13). The predicted octanol–water partition coefficient (Wildman–Crippen LogP) is -0.795. The van der Waals surface area contributed by atoms with Gasteiger partial charge in [-0.05, 0) is 0 Å². The predicted molar refractivity (Wildman–Crippen MR) is 57.1 cm³/mol. The van der Waals surface area contributed by atoms with Crippen molar-refractivity contribution < 1.29 is 23.1 Å². The van der Waals surface area contributed by atoms with E-state index in [2.05, 4.69) is 0 Å². The van der Waals surface area contributed by atoms with Gasteiger partial charge in [-0.25, -0.2) is 0 Å². The van der Waals surface area contributed by atoms with E-state index in [0.29, 0.717) is 0 Å². The van der Waals surface area contributed by atoms with Crippen LogP contribution in [-0.2, 0) is 19.8 Å². The Morgan fingerprint density at radius 2 is 1.88 bits per heavy atom. The van der Waals surface area contributed by atoms with E-state index >= 15 is 0 Å². The number of nitrogens with one attached hydrogen (secondary N) is 1. The molecule has 0 amide bonds. The first kappa shape index (κ1) is 15.0. The molecule has 1 atom stereocenters. The van der Waals surface area contributed by atoms with Crippen LogP contribution in [0.2, 0.25) is 0 Å². The quantitative estimate of drug-likeness (QED) is 0.617. The van der Waals surface area contributed by atoms with Crippen LogP contribution in [0.1, 0.15) is 19.8 Å². The summed E-state index contributed by atoms with van der Waals surface area (Å²) in [6.45, 7) is 1.59. The minimum atomic E-state index is -3.85. The van der Waals surface area contributed by atoms with Crippen molar-refractivity contribution in [2.45, 2.75) is 25.8 Å².